The molecule has 0 aromatic heterocycles. The van der Waals surface area contributed by atoms with Gasteiger partial charge in [-0.05, 0) is 19.9 Å². The number of rotatable bonds is 0. The van der Waals surface area contributed by atoms with Gasteiger partial charge < -0.3 is 4.74 Å². The third-order valence-electron chi connectivity index (χ3n) is 1.82. The number of ether oxygens (including phenoxy) is 1. The van der Waals surface area contributed by atoms with E-state index in [0.717, 1.165) is 12.2 Å². The normalized spacial score (nSPS) is 38.0. The lowest BCUT2D eigenvalue weighted by molar-refractivity contribution is 0.0124. The largest absolute Gasteiger partial charge is 0.483 e. The summed E-state index contributed by atoms with van der Waals surface area (Å²) >= 11 is 0. The Morgan fingerprint density at radius 3 is 2.67 bits per heavy atom. The molecule has 1 unspecified atom stereocenters. The van der Waals surface area contributed by atoms with Crippen LogP contribution >= 0.6 is 0 Å². The number of allylic oxidation sites excluding steroid dienone is 1. The minimum Gasteiger partial charge on any atom is -0.483 e. The van der Waals surface area contributed by atoms with Gasteiger partial charge in [0.05, 0.1) is 0 Å². The first kappa shape index (κ1) is 5.10. The van der Waals surface area contributed by atoms with E-state index in [1.165, 1.54) is 5.57 Å². The van der Waals surface area contributed by atoms with Crippen LogP contribution in [0.4, 0.5) is 0 Å². The maximum absolute atomic E-state index is 5.42. The van der Waals surface area contributed by atoms with Gasteiger partial charge in [-0.3, -0.25) is 0 Å². The summed E-state index contributed by atoms with van der Waals surface area (Å²) in [6.45, 7) is 4.26. The molecule has 1 aliphatic carbocycles. The van der Waals surface area contributed by atoms with Gasteiger partial charge >= 0.3 is 0 Å². The minimum atomic E-state index is 0.0637. The average Bonchev–Trinajstić information content (AvgIpc) is 1.58. The molecule has 9 heavy (non-hydrogen) atoms. The third-order valence-corrected chi connectivity index (χ3v) is 1.82. The summed E-state index contributed by atoms with van der Waals surface area (Å²) in [5, 5.41) is 0. The quantitative estimate of drug-likeness (QED) is 0.477. The predicted octanol–water partition coefficient (Wildman–Crippen LogP) is 2.01. The van der Waals surface area contributed by atoms with Crippen LogP contribution in [-0.4, -0.2) is 5.60 Å². The molecule has 0 radical (unpaired) electrons. The van der Waals surface area contributed by atoms with Crippen LogP contribution in [0.15, 0.2) is 23.5 Å². The summed E-state index contributed by atoms with van der Waals surface area (Å²) < 4.78 is 5.42. The van der Waals surface area contributed by atoms with Gasteiger partial charge in [0.1, 0.15) is 11.4 Å². The molecule has 48 valence electrons. The van der Waals surface area contributed by atoms with E-state index in [-0.39, 0.29) is 5.60 Å². The van der Waals surface area contributed by atoms with Crippen molar-refractivity contribution >= 4 is 0 Å². The van der Waals surface area contributed by atoms with E-state index in [4.69, 9.17) is 4.74 Å². The molecule has 2 aliphatic heterocycles. The second-order valence-electron chi connectivity index (χ2n) is 3.13. The molecule has 1 heteroatoms. The van der Waals surface area contributed by atoms with E-state index in [1.54, 1.807) is 0 Å². The number of hydrogen-bond donors (Lipinski definition) is 0. The first-order valence-corrected chi connectivity index (χ1v) is 3.27. The van der Waals surface area contributed by atoms with Gasteiger partial charge in [-0.15, -0.1) is 0 Å². The summed E-state index contributed by atoms with van der Waals surface area (Å²) in [5.41, 5.74) is 1.50. The Balaban J connectivity index is 2.36. The summed E-state index contributed by atoms with van der Waals surface area (Å²) in [7, 11) is 0. The molecule has 3 rings (SSSR count). The van der Waals surface area contributed by atoms with E-state index in [9.17, 15) is 0 Å². The predicted molar refractivity (Wildman–Crippen MR) is 35.9 cm³/mol. The van der Waals surface area contributed by atoms with Gasteiger partial charge in [-0.1, -0.05) is 5.57 Å². The topological polar surface area (TPSA) is 9.23 Å². The van der Waals surface area contributed by atoms with Crippen LogP contribution in [0.25, 0.3) is 0 Å². The highest BCUT2D eigenvalue weighted by Gasteiger charge is 2.36. The molecule has 0 aromatic rings. The van der Waals surface area contributed by atoms with Crippen molar-refractivity contribution in [1.29, 1.82) is 0 Å². The molecule has 3 aliphatic rings. The fraction of sp³-hybridized carbons (Fsp3) is 0.500. The Morgan fingerprint density at radius 1 is 1.67 bits per heavy atom. The van der Waals surface area contributed by atoms with Crippen molar-refractivity contribution in [2.75, 3.05) is 0 Å². The molecule has 2 bridgehead atoms. The zero-order chi connectivity index (χ0) is 6.48. The van der Waals surface area contributed by atoms with Crippen LogP contribution in [0.5, 0.6) is 0 Å². The Bertz CT molecular complexity index is 213. The maximum Gasteiger partial charge on any atom is 0.132 e. The number of fused-ring (bicyclic) bond motifs is 1. The highest BCUT2D eigenvalue weighted by Crippen LogP contribution is 2.40. The lowest BCUT2D eigenvalue weighted by Gasteiger charge is -2.40. The van der Waals surface area contributed by atoms with Gasteiger partial charge in [0.2, 0.25) is 0 Å². The molecule has 2 heterocycles. The summed E-state index contributed by atoms with van der Waals surface area (Å²) in [5.74, 6) is 1.06. The molecule has 1 atom stereocenters. The van der Waals surface area contributed by atoms with Crippen molar-refractivity contribution in [3.8, 4) is 0 Å². The lowest BCUT2D eigenvalue weighted by atomic mass is 9.87. The second-order valence-corrected chi connectivity index (χ2v) is 3.13. The van der Waals surface area contributed by atoms with Crippen molar-refractivity contribution in [1.82, 2.24) is 0 Å². The van der Waals surface area contributed by atoms with E-state index in [0.29, 0.717) is 0 Å². The fourth-order valence-corrected chi connectivity index (χ4v) is 1.58. The van der Waals surface area contributed by atoms with Gasteiger partial charge in [-0.25, -0.2) is 0 Å². The zero-order valence-corrected chi connectivity index (χ0v) is 5.77. The van der Waals surface area contributed by atoms with E-state index < -0.39 is 0 Å². The molecule has 0 fully saturated rings. The van der Waals surface area contributed by atoms with Gasteiger partial charge in [0, 0.05) is 12.5 Å². The van der Waals surface area contributed by atoms with Crippen LogP contribution < -0.4 is 0 Å². The summed E-state index contributed by atoms with van der Waals surface area (Å²) in [4.78, 5) is 0. The SMILES string of the molecule is CC1=CC2=CC(C)(C1)O2. The van der Waals surface area contributed by atoms with Crippen molar-refractivity contribution < 1.29 is 4.74 Å². The van der Waals surface area contributed by atoms with Crippen molar-refractivity contribution in [3.63, 3.8) is 0 Å². The van der Waals surface area contributed by atoms with E-state index >= 15 is 0 Å². The van der Waals surface area contributed by atoms with E-state index in [2.05, 4.69) is 26.0 Å². The van der Waals surface area contributed by atoms with Crippen LogP contribution in [0.3, 0.4) is 0 Å². The lowest BCUT2D eigenvalue weighted by Crippen LogP contribution is -2.37. The monoisotopic (exact) mass is 122 g/mol. The van der Waals surface area contributed by atoms with Gasteiger partial charge in [0.25, 0.3) is 0 Å². The van der Waals surface area contributed by atoms with Crippen molar-refractivity contribution in [2.45, 2.75) is 25.9 Å². The summed E-state index contributed by atoms with van der Waals surface area (Å²) in [6, 6.07) is 0. The third kappa shape index (κ3) is 0.607. The molecule has 0 N–H and O–H groups in total. The molecule has 0 aromatic carbocycles. The highest BCUT2D eigenvalue weighted by atomic mass is 16.5. The fourth-order valence-electron chi connectivity index (χ4n) is 1.58. The Hall–Kier alpha value is -0.720. The smallest absolute Gasteiger partial charge is 0.132 e. The molecule has 0 saturated heterocycles. The molecular weight excluding hydrogens is 112 g/mol. The molecule has 0 spiro atoms. The molecule has 0 amide bonds. The molecule has 0 saturated carbocycles. The maximum atomic E-state index is 5.42. The van der Waals surface area contributed by atoms with E-state index in [1.807, 2.05) is 0 Å². The minimum absolute atomic E-state index is 0.0637. The highest BCUT2D eigenvalue weighted by molar-refractivity contribution is 5.35. The Morgan fingerprint density at radius 2 is 2.33 bits per heavy atom. The zero-order valence-electron chi connectivity index (χ0n) is 5.77. The summed E-state index contributed by atoms with van der Waals surface area (Å²) in [6.07, 6.45) is 5.35. The Labute approximate surface area is 55.0 Å². The van der Waals surface area contributed by atoms with Gasteiger partial charge in [0.15, 0.2) is 0 Å². The molecule has 1 nitrogen and oxygen atoms in total. The van der Waals surface area contributed by atoms with Crippen LogP contribution in [0.1, 0.15) is 20.3 Å². The van der Waals surface area contributed by atoms with Crippen molar-refractivity contribution in [3.05, 3.63) is 23.5 Å². The van der Waals surface area contributed by atoms with Crippen LogP contribution in [0.2, 0.25) is 0 Å². The molecular formula is C8H10O. The number of hydrogen-bond acceptors (Lipinski definition) is 1. The standard InChI is InChI=1S/C8H10O/c1-6-3-7-5-8(2,4-6)9-7/h3,5H,4H2,1-2H3. The second kappa shape index (κ2) is 1.23. The Kier molecular flexibility index (Phi) is 0.696. The first-order valence-electron chi connectivity index (χ1n) is 3.27. The first-order chi connectivity index (χ1) is 4.18. The average molecular weight is 122 g/mol. The van der Waals surface area contributed by atoms with Crippen LogP contribution in [-0.2, 0) is 4.74 Å². The van der Waals surface area contributed by atoms with Gasteiger partial charge in [-0.2, -0.15) is 0 Å². The van der Waals surface area contributed by atoms with Crippen molar-refractivity contribution in [2.24, 2.45) is 0 Å². The van der Waals surface area contributed by atoms with Crippen LogP contribution in [0, 0.1) is 0 Å².